The lowest BCUT2D eigenvalue weighted by Crippen LogP contribution is -2.46. The molecule has 1 heterocycles. The Bertz CT molecular complexity index is 1090. The van der Waals surface area contributed by atoms with Crippen LogP contribution in [0.5, 0.6) is 0 Å². The molecule has 0 aliphatic carbocycles. The maximum absolute atomic E-state index is 12.9. The maximum Gasteiger partial charge on any atom is 0.307 e. The molecule has 0 spiro atoms. The minimum atomic E-state index is -1.14. The molecule has 1 unspecified atom stereocenters. The standard InChI is InChI=1S/C26H28N2O3S/c1-20-7-10-24(11-8-20)32(31)28-15-13-27(14-16-28)19-23-17-21(18-26(29)30)9-12-25(23)22-5-3-2-4-6-22/h2-12,17H,13-16,18-19H2,1H3,(H,29,30). The molecule has 6 heteroatoms. The van der Waals surface area contributed by atoms with Crippen LogP contribution in [0.25, 0.3) is 11.1 Å². The average molecular weight is 449 g/mol. The number of carbonyl (C=O) groups is 1. The van der Waals surface area contributed by atoms with Crippen LogP contribution in [0.15, 0.2) is 77.7 Å². The molecule has 5 nitrogen and oxygen atoms in total. The summed E-state index contributed by atoms with van der Waals surface area (Å²) in [5.41, 5.74) is 5.36. The number of carboxylic acids is 1. The van der Waals surface area contributed by atoms with Crippen LogP contribution >= 0.6 is 0 Å². The van der Waals surface area contributed by atoms with Crippen molar-refractivity contribution in [2.45, 2.75) is 24.8 Å². The summed E-state index contributed by atoms with van der Waals surface area (Å²) in [6.07, 6.45) is 0.0192. The molecule has 1 saturated heterocycles. The van der Waals surface area contributed by atoms with Crippen LogP contribution < -0.4 is 0 Å². The first-order valence-corrected chi connectivity index (χ1v) is 11.9. The van der Waals surface area contributed by atoms with Crippen molar-refractivity contribution in [1.82, 2.24) is 9.21 Å². The van der Waals surface area contributed by atoms with Gasteiger partial charge in [0.25, 0.3) is 0 Å². The number of rotatable bonds is 7. The third kappa shape index (κ3) is 5.51. The predicted molar refractivity (Wildman–Crippen MR) is 128 cm³/mol. The molecule has 0 bridgehead atoms. The van der Waals surface area contributed by atoms with Gasteiger partial charge in [-0.1, -0.05) is 66.2 Å². The molecule has 0 amide bonds. The molecule has 3 aromatic rings. The van der Waals surface area contributed by atoms with Crippen molar-refractivity contribution in [1.29, 1.82) is 0 Å². The topological polar surface area (TPSA) is 60.9 Å². The van der Waals surface area contributed by atoms with Gasteiger partial charge >= 0.3 is 5.97 Å². The first-order chi connectivity index (χ1) is 15.5. The summed E-state index contributed by atoms with van der Waals surface area (Å²) in [5, 5.41) is 9.21. The summed E-state index contributed by atoms with van der Waals surface area (Å²) in [4.78, 5) is 14.4. The van der Waals surface area contributed by atoms with E-state index in [4.69, 9.17) is 0 Å². The van der Waals surface area contributed by atoms with Crippen molar-refractivity contribution in [3.05, 3.63) is 89.5 Å². The Labute approximate surface area is 191 Å². The van der Waals surface area contributed by atoms with Crippen LogP contribution in [0.4, 0.5) is 0 Å². The average Bonchev–Trinajstić information content (AvgIpc) is 2.80. The van der Waals surface area contributed by atoms with Gasteiger partial charge in [0.2, 0.25) is 0 Å². The Morgan fingerprint density at radius 1 is 0.938 bits per heavy atom. The van der Waals surface area contributed by atoms with E-state index in [1.807, 2.05) is 71.9 Å². The second kappa shape index (κ2) is 10.2. The van der Waals surface area contributed by atoms with Gasteiger partial charge in [0.15, 0.2) is 0 Å². The third-order valence-corrected chi connectivity index (χ3v) is 7.30. The highest BCUT2D eigenvalue weighted by Crippen LogP contribution is 2.27. The zero-order chi connectivity index (χ0) is 22.5. The zero-order valence-corrected chi connectivity index (χ0v) is 19.1. The van der Waals surface area contributed by atoms with Crippen molar-refractivity contribution in [3.63, 3.8) is 0 Å². The summed E-state index contributed by atoms with van der Waals surface area (Å²) in [6, 6.07) is 24.0. The highest BCUT2D eigenvalue weighted by molar-refractivity contribution is 7.82. The number of carboxylic acid groups (broad SMARTS) is 1. The summed E-state index contributed by atoms with van der Waals surface area (Å²) in [7, 11) is -1.14. The second-order valence-corrected chi connectivity index (χ2v) is 9.68. The maximum atomic E-state index is 12.9. The van der Waals surface area contributed by atoms with E-state index < -0.39 is 17.0 Å². The lowest BCUT2D eigenvalue weighted by molar-refractivity contribution is -0.136. The molecule has 1 N–H and O–H groups in total. The van der Waals surface area contributed by atoms with Crippen LogP contribution in [0.2, 0.25) is 0 Å². The Morgan fingerprint density at radius 3 is 2.28 bits per heavy atom. The monoisotopic (exact) mass is 448 g/mol. The van der Waals surface area contributed by atoms with Gasteiger partial charge in [-0.15, -0.1) is 0 Å². The largest absolute Gasteiger partial charge is 0.481 e. The lowest BCUT2D eigenvalue weighted by atomic mass is 9.96. The highest BCUT2D eigenvalue weighted by Gasteiger charge is 2.23. The number of hydrogen-bond donors (Lipinski definition) is 1. The minimum absolute atomic E-state index is 0.0192. The van der Waals surface area contributed by atoms with Gasteiger partial charge in [-0.3, -0.25) is 9.69 Å². The van der Waals surface area contributed by atoms with E-state index in [1.54, 1.807) is 0 Å². The smallest absolute Gasteiger partial charge is 0.307 e. The summed E-state index contributed by atoms with van der Waals surface area (Å²) < 4.78 is 15.0. The predicted octanol–water partition coefficient (Wildman–Crippen LogP) is 4.13. The van der Waals surface area contributed by atoms with Crippen molar-refractivity contribution in [2.75, 3.05) is 26.2 Å². The molecule has 1 aliphatic rings. The van der Waals surface area contributed by atoms with Gasteiger partial charge in [0, 0.05) is 32.7 Å². The highest BCUT2D eigenvalue weighted by atomic mass is 32.2. The number of piperazine rings is 1. The van der Waals surface area contributed by atoms with Crippen molar-refractivity contribution < 1.29 is 14.1 Å². The summed E-state index contributed by atoms with van der Waals surface area (Å²) in [6.45, 7) is 5.86. The van der Waals surface area contributed by atoms with Crippen LogP contribution in [0.1, 0.15) is 16.7 Å². The molecule has 3 aromatic carbocycles. The van der Waals surface area contributed by atoms with Gasteiger partial charge in [-0.25, -0.2) is 8.51 Å². The molecule has 0 aromatic heterocycles. The quantitative estimate of drug-likeness (QED) is 0.590. The molecular formula is C26H28N2O3S. The number of aryl methyl sites for hydroxylation is 1. The van der Waals surface area contributed by atoms with E-state index >= 15 is 0 Å². The Morgan fingerprint density at radius 2 is 1.62 bits per heavy atom. The van der Waals surface area contributed by atoms with Crippen LogP contribution in [0, 0.1) is 6.92 Å². The van der Waals surface area contributed by atoms with E-state index in [0.29, 0.717) is 0 Å². The minimum Gasteiger partial charge on any atom is -0.481 e. The Hall–Kier alpha value is -2.80. The van der Waals surface area contributed by atoms with Crippen molar-refractivity contribution in [3.8, 4) is 11.1 Å². The molecule has 0 saturated carbocycles. The van der Waals surface area contributed by atoms with E-state index in [-0.39, 0.29) is 6.42 Å². The Balaban J connectivity index is 1.47. The van der Waals surface area contributed by atoms with Crippen LogP contribution in [-0.2, 0) is 28.7 Å². The van der Waals surface area contributed by atoms with Gasteiger partial charge in [0.05, 0.1) is 11.3 Å². The fraction of sp³-hybridized carbons (Fsp3) is 0.269. The normalized spacial score (nSPS) is 16.0. The molecule has 32 heavy (non-hydrogen) atoms. The number of benzene rings is 3. The third-order valence-electron chi connectivity index (χ3n) is 5.79. The molecular weight excluding hydrogens is 420 g/mol. The summed E-state index contributed by atoms with van der Waals surface area (Å²) >= 11 is 0. The van der Waals surface area contributed by atoms with Crippen molar-refractivity contribution >= 4 is 17.0 Å². The number of aliphatic carboxylic acids is 1. The van der Waals surface area contributed by atoms with Crippen LogP contribution in [-0.4, -0.2) is 50.7 Å². The van der Waals surface area contributed by atoms with E-state index in [9.17, 15) is 14.1 Å². The lowest BCUT2D eigenvalue weighted by Gasteiger charge is -2.34. The first-order valence-electron chi connectivity index (χ1n) is 10.8. The SMILES string of the molecule is Cc1ccc(S(=O)N2CCN(Cc3cc(CC(=O)O)ccc3-c3ccccc3)CC2)cc1. The molecule has 4 rings (SSSR count). The fourth-order valence-electron chi connectivity index (χ4n) is 4.06. The molecule has 1 atom stereocenters. The van der Waals surface area contributed by atoms with E-state index in [0.717, 1.165) is 65.4 Å². The van der Waals surface area contributed by atoms with Gasteiger partial charge < -0.3 is 5.11 Å². The van der Waals surface area contributed by atoms with E-state index in [1.165, 1.54) is 0 Å². The Kier molecular flexibility index (Phi) is 7.15. The molecule has 1 fully saturated rings. The van der Waals surface area contributed by atoms with Crippen molar-refractivity contribution in [2.24, 2.45) is 0 Å². The number of hydrogen-bond acceptors (Lipinski definition) is 3. The molecule has 1 aliphatic heterocycles. The van der Waals surface area contributed by atoms with E-state index in [2.05, 4.69) is 17.0 Å². The summed E-state index contributed by atoms with van der Waals surface area (Å²) in [5.74, 6) is -0.824. The zero-order valence-electron chi connectivity index (χ0n) is 18.2. The first kappa shape index (κ1) is 22.4. The second-order valence-electron chi connectivity index (χ2n) is 8.20. The van der Waals surface area contributed by atoms with Crippen LogP contribution in [0.3, 0.4) is 0 Å². The van der Waals surface area contributed by atoms with Gasteiger partial charge in [-0.2, -0.15) is 0 Å². The van der Waals surface area contributed by atoms with Gasteiger partial charge in [-0.05, 0) is 41.3 Å². The van der Waals surface area contributed by atoms with Gasteiger partial charge in [0.1, 0.15) is 11.0 Å². The molecule has 166 valence electrons. The fourth-order valence-corrected chi connectivity index (χ4v) is 5.22. The molecule has 0 radical (unpaired) electrons. The number of nitrogens with zero attached hydrogens (tertiary/aromatic N) is 2.